The fraction of sp³-hybridized carbons (Fsp3) is 0.212. The highest BCUT2D eigenvalue weighted by Crippen LogP contribution is 2.47. The molecule has 6 nitrogen and oxygen atoms in total. The smallest absolute Gasteiger partial charge is 0.158 e. The van der Waals surface area contributed by atoms with E-state index in [9.17, 15) is 0 Å². The Morgan fingerprint density at radius 3 is 1.18 bits per heavy atom. The molecule has 3 heterocycles. The maximum Gasteiger partial charge on any atom is 0.158 e. The lowest BCUT2D eigenvalue weighted by Gasteiger charge is -2.47. The zero-order valence-corrected chi connectivity index (χ0v) is 22.4. The number of hydrogen-bond acceptors (Lipinski definition) is 6. The summed E-state index contributed by atoms with van der Waals surface area (Å²) in [6.07, 6.45) is 0.781. The molecule has 3 aliphatic rings. The highest BCUT2D eigenvalue weighted by atomic mass is 15.7. The van der Waals surface area contributed by atoms with Crippen molar-refractivity contribution in [3.63, 3.8) is 0 Å². The third kappa shape index (κ3) is 3.70. The zero-order valence-electron chi connectivity index (χ0n) is 22.4. The number of para-hydroxylation sites is 2. The van der Waals surface area contributed by atoms with E-state index in [0.29, 0.717) is 0 Å². The minimum atomic E-state index is -0.426. The Hall–Kier alpha value is -4.58. The van der Waals surface area contributed by atoms with Gasteiger partial charge in [-0.25, -0.2) is 10.0 Å². The molecule has 4 aromatic rings. The maximum absolute atomic E-state index is 5.31. The van der Waals surface area contributed by atoms with Gasteiger partial charge in [-0.2, -0.15) is 10.2 Å². The lowest BCUT2D eigenvalue weighted by atomic mass is 9.93. The standard InChI is InChI=1S/C33H32N6/c1-32-25-33(2)37(31(27-17-9-4-10-18-27)35-39(33)29-21-13-6-14-22-29)24-23-36(32)30(26-15-7-3-8-16-26)34-38(32)28-19-11-5-12-20-28/h3-22H,23-25H2,1-2H3/t32-,33-/m1/s1. The minimum absolute atomic E-state index is 0.426. The molecule has 3 aliphatic heterocycles. The van der Waals surface area contributed by atoms with Crippen molar-refractivity contribution in [2.24, 2.45) is 10.2 Å². The van der Waals surface area contributed by atoms with Crippen molar-refractivity contribution in [1.82, 2.24) is 9.80 Å². The van der Waals surface area contributed by atoms with Gasteiger partial charge in [-0.3, -0.25) is 0 Å². The van der Waals surface area contributed by atoms with E-state index in [1.165, 1.54) is 0 Å². The molecule has 0 N–H and O–H groups in total. The van der Waals surface area contributed by atoms with Crippen molar-refractivity contribution in [3.8, 4) is 0 Å². The quantitative estimate of drug-likeness (QED) is 0.327. The number of amidine groups is 2. The van der Waals surface area contributed by atoms with Crippen LogP contribution in [0, 0.1) is 0 Å². The van der Waals surface area contributed by atoms with Gasteiger partial charge in [0.05, 0.1) is 11.4 Å². The molecule has 7 rings (SSSR count). The average Bonchev–Trinajstić information content (AvgIpc) is 3.39. The molecule has 1 fully saturated rings. The molecule has 0 aromatic heterocycles. The van der Waals surface area contributed by atoms with Gasteiger partial charge < -0.3 is 9.80 Å². The molecule has 0 aliphatic carbocycles. The Labute approximate surface area is 230 Å². The van der Waals surface area contributed by atoms with E-state index in [-0.39, 0.29) is 0 Å². The fourth-order valence-electron chi connectivity index (χ4n) is 6.48. The summed E-state index contributed by atoms with van der Waals surface area (Å²) in [5, 5.41) is 15.1. The number of hydrazone groups is 2. The van der Waals surface area contributed by atoms with Crippen LogP contribution in [0.4, 0.5) is 11.4 Å². The number of rotatable bonds is 4. The second-order valence-electron chi connectivity index (χ2n) is 10.8. The Balaban J connectivity index is 1.39. The van der Waals surface area contributed by atoms with Crippen LogP contribution in [0.1, 0.15) is 31.4 Å². The first kappa shape index (κ1) is 23.5. The molecule has 0 spiro atoms. The van der Waals surface area contributed by atoms with Gasteiger partial charge >= 0.3 is 0 Å². The average molecular weight is 513 g/mol. The predicted octanol–water partition coefficient (Wildman–Crippen LogP) is 6.19. The molecule has 2 atom stereocenters. The molecular formula is C33H32N6. The van der Waals surface area contributed by atoms with Crippen molar-refractivity contribution < 1.29 is 0 Å². The monoisotopic (exact) mass is 512 g/mol. The number of benzene rings is 4. The highest BCUT2D eigenvalue weighted by molar-refractivity contribution is 6.03. The lowest BCUT2D eigenvalue weighted by molar-refractivity contribution is 0.151. The normalized spacial score (nSPS) is 24.2. The van der Waals surface area contributed by atoms with Gasteiger partial charge in [-0.05, 0) is 38.1 Å². The summed E-state index contributed by atoms with van der Waals surface area (Å²) < 4.78 is 0. The van der Waals surface area contributed by atoms with Crippen molar-refractivity contribution in [1.29, 1.82) is 0 Å². The molecule has 0 amide bonds. The minimum Gasteiger partial charge on any atom is -0.328 e. The van der Waals surface area contributed by atoms with Crippen LogP contribution in [-0.4, -0.2) is 45.9 Å². The third-order valence-corrected chi connectivity index (χ3v) is 8.26. The van der Waals surface area contributed by atoms with Crippen LogP contribution in [-0.2, 0) is 0 Å². The van der Waals surface area contributed by atoms with E-state index in [1.54, 1.807) is 0 Å². The second-order valence-corrected chi connectivity index (χ2v) is 10.8. The zero-order chi connectivity index (χ0) is 26.5. The first-order chi connectivity index (χ1) is 19.1. The highest BCUT2D eigenvalue weighted by Gasteiger charge is 2.58. The number of anilines is 2. The van der Waals surface area contributed by atoms with Crippen molar-refractivity contribution >= 4 is 23.0 Å². The molecule has 39 heavy (non-hydrogen) atoms. The Kier molecular flexibility index (Phi) is 5.44. The summed E-state index contributed by atoms with van der Waals surface area (Å²) in [6, 6.07) is 42.2. The van der Waals surface area contributed by atoms with E-state index < -0.39 is 11.3 Å². The number of hydrogen-bond donors (Lipinski definition) is 0. The molecule has 0 bridgehead atoms. The summed E-state index contributed by atoms with van der Waals surface area (Å²) in [5.74, 6) is 2.02. The van der Waals surface area contributed by atoms with Crippen LogP contribution in [0.15, 0.2) is 132 Å². The SMILES string of the molecule is C[C@@]12C[C@]3(C)N(CCN1C(c1ccccc1)=NN2c1ccccc1)C(c1ccccc1)=NN3c1ccccc1. The maximum atomic E-state index is 5.31. The summed E-state index contributed by atoms with van der Waals surface area (Å²) in [7, 11) is 0. The molecular weight excluding hydrogens is 480 g/mol. The Morgan fingerprint density at radius 1 is 0.487 bits per heavy atom. The van der Waals surface area contributed by atoms with Crippen LogP contribution in [0.5, 0.6) is 0 Å². The van der Waals surface area contributed by atoms with Crippen molar-refractivity contribution in [2.45, 2.75) is 31.6 Å². The molecule has 6 heteroatoms. The number of nitrogens with zero attached hydrogens (tertiary/aromatic N) is 6. The Bertz CT molecular complexity index is 1400. The van der Waals surface area contributed by atoms with Gasteiger partial charge in [0.15, 0.2) is 11.7 Å². The molecule has 0 saturated carbocycles. The topological polar surface area (TPSA) is 37.7 Å². The van der Waals surface area contributed by atoms with Crippen LogP contribution < -0.4 is 10.0 Å². The largest absolute Gasteiger partial charge is 0.328 e. The first-order valence-corrected chi connectivity index (χ1v) is 13.6. The summed E-state index contributed by atoms with van der Waals surface area (Å²) in [4.78, 5) is 5.01. The molecule has 0 unspecified atom stereocenters. The van der Waals surface area contributed by atoms with Crippen molar-refractivity contribution in [3.05, 3.63) is 132 Å². The second kappa shape index (κ2) is 9.02. The number of fused-ring (bicyclic) bond motifs is 2. The van der Waals surface area contributed by atoms with E-state index in [0.717, 1.165) is 53.7 Å². The predicted molar refractivity (Wildman–Crippen MR) is 159 cm³/mol. The van der Waals surface area contributed by atoms with Crippen LogP contribution in [0.3, 0.4) is 0 Å². The van der Waals surface area contributed by atoms with E-state index in [2.05, 4.69) is 155 Å². The summed E-state index contributed by atoms with van der Waals surface area (Å²) in [5.41, 5.74) is 3.58. The van der Waals surface area contributed by atoms with Gasteiger partial charge in [0.2, 0.25) is 0 Å². The summed E-state index contributed by atoms with van der Waals surface area (Å²) >= 11 is 0. The van der Waals surface area contributed by atoms with Crippen molar-refractivity contribution in [2.75, 3.05) is 23.1 Å². The van der Waals surface area contributed by atoms with E-state index in [4.69, 9.17) is 10.2 Å². The van der Waals surface area contributed by atoms with Gasteiger partial charge in [0, 0.05) is 30.6 Å². The van der Waals surface area contributed by atoms with Crippen LogP contribution in [0.2, 0.25) is 0 Å². The molecule has 194 valence electrons. The van der Waals surface area contributed by atoms with Gasteiger partial charge in [0.1, 0.15) is 11.3 Å². The van der Waals surface area contributed by atoms with E-state index >= 15 is 0 Å². The van der Waals surface area contributed by atoms with Gasteiger partial charge in [-0.1, -0.05) is 97.1 Å². The first-order valence-electron chi connectivity index (χ1n) is 13.6. The Morgan fingerprint density at radius 2 is 0.821 bits per heavy atom. The molecule has 1 saturated heterocycles. The summed E-state index contributed by atoms with van der Waals surface area (Å²) in [6.45, 7) is 6.30. The lowest BCUT2D eigenvalue weighted by Crippen LogP contribution is -2.60. The fourth-order valence-corrected chi connectivity index (χ4v) is 6.48. The molecule has 4 aromatic carbocycles. The van der Waals surface area contributed by atoms with E-state index in [1.807, 2.05) is 0 Å². The van der Waals surface area contributed by atoms with Crippen LogP contribution >= 0.6 is 0 Å². The van der Waals surface area contributed by atoms with Crippen LogP contribution in [0.25, 0.3) is 0 Å². The van der Waals surface area contributed by atoms with Gasteiger partial charge in [-0.15, -0.1) is 0 Å². The third-order valence-electron chi connectivity index (χ3n) is 8.26. The molecule has 0 radical (unpaired) electrons. The van der Waals surface area contributed by atoms with Gasteiger partial charge in [0.25, 0.3) is 0 Å².